The summed E-state index contributed by atoms with van der Waals surface area (Å²) in [7, 11) is 0. The van der Waals surface area contributed by atoms with Crippen molar-refractivity contribution in [2.24, 2.45) is 5.41 Å². The summed E-state index contributed by atoms with van der Waals surface area (Å²) in [6, 6.07) is 5.98. The monoisotopic (exact) mass is 284 g/mol. The van der Waals surface area contributed by atoms with Crippen LogP contribution in [0.2, 0.25) is 0 Å². The van der Waals surface area contributed by atoms with Crippen molar-refractivity contribution in [3.8, 4) is 5.75 Å². The number of fused-ring (bicyclic) bond motifs is 1. The molecule has 0 bridgehead atoms. The molecule has 3 rings (SSSR count). The van der Waals surface area contributed by atoms with Gasteiger partial charge in [0, 0.05) is 28.4 Å². The van der Waals surface area contributed by atoms with E-state index in [4.69, 9.17) is 10.5 Å². The van der Waals surface area contributed by atoms with Crippen LogP contribution in [0, 0.1) is 12.3 Å². The van der Waals surface area contributed by atoms with Gasteiger partial charge in [-0.1, -0.05) is 13.8 Å². The van der Waals surface area contributed by atoms with Gasteiger partial charge in [0.1, 0.15) is 5.75 Å². The number of nitrogens with zero attached hydrogens (tertiary/aromatic N) is 1. The van der Waals surface area contributed by atoms with Gasteiger partial charge in [0.05, 0.1) is 6.10 Å². The maximum atomic E-state index is 6.29. The first-order chi connectivity index (χ1) is 9.94. The fourth-order valence-corrected chi connectivity index (χ4v) is 3.11. The summed E-state index contributed by atoms with van der Waals surface area (Å²) in [5, 5.41) is 2.06. The quantitative estimate of drug-likeness (QED) is 0.827. The molecule has 1 aromatic heterocycles. The van der Waals surface area contributed by atoms with Crippen LogP contribution in [-0.4, -0.2) is 11.1 Å². The van der Waals surface area contributed by atoms with Gasteiger partial charge in [-0.15, -0.1) is 0 Å². The predicted molar refractivity (Wildman–Crippen MR) is 87.6 cm³/mol. The number of rotatable bonds is 2. The molecule has 1 aliphatic rings. The number of hydrogen-bond donors (Lipinski definition) is 1. The first-order valence-corrected chi connectivity index (χ1v) is 7.76. The Bertz CT molecular complexity index is 654. The van der Waals surface area contributed by atoms with Gasteiger partial charge in [0.15, 0.2) is 0 Å². The number of anilines is 1. The Morgan fingerprint density at radius 3 is 2.62 bits per heavy atom. The van der Waals surface area contributed by atoms with Crippen molar-refractivity contribution < 1.29 is 4.74 Å². The minimum Gasteiger partial charge on any atom is -0.490 e. The molecule has 2 N–H and O–H groups in total. The van der Waals surface area contributed by atoms with Crippen LogP contribution in [0.15, 0.2) is 24.4 Å². The van der Waals surface area contributed by atoms with E-state index in [1.54, 1.807) is 0 Å². The highest BCUT2D eigenvalue weighted by molar-refractivity contribution is 5.96. The van der Waals surface area contributed by atoms with Gasteiger partial charge in [-0.05, 0) is 56.2 Å². The molecule has 21 heavy (non-hydrogen) atoms. The molecule has 0 atom stereocenters. The molecule has 1 fully saturated rings. The molecule has 0 radical (unpaired) electrons. The Hall–Kier alpha value is -1.77. The van der Waals surface area contributed by atoms with Crippen LogP contribution in [0.4, 0.5) is 5.69 Å². The summed E-state index contributed by atoms with van der Waals surface area (Å²) in [6.45, 7) is 6.68. The minimum atomic E-state index is 0.318. The zero-order valence-corrected chi connectivity index (χ0v) is 13.1. The summed E-state index contributed by atoms with van der Waals surface area (Å²) in [4.78, 5) is 4.34. The highest BCUT2D eigenvalue weighted by Crippen LogP contribution is 2.38. The van der Waals surface area contributed by atoms with Gasteiger partial charge in [-0.3, -0.25) is 4.98 Å². The third-order valence-electron chi connectivity index (χ3n) is 4.61. The Morgan fingerprint density at radius 1 is 1.19 bits per heavy atom. The molecule has 0 spiro atoms. The predicted octanol–water partition coefficient (Wildman–Crippen LogP) is 4.47. The van der Waals surface area contributed by atoms with Crippen LogP contribution in [0.1, 0.15) is 45.2 Å². The standard InChI is InChI=1S/C18H24N2O/c1-12-10-14-15(11-20-12)16(19)4-5-17(14)21-13-6-8-18(2,3)9-7-13/h4-5,10-11,13H,6-9,19H2,1-3H3. The second kappa shape index (κ2) is 5.21. The molecule has 2 aromatic rings. The summed E-state index contributed by atoms with van der Waals surface area (Å²) in [5.74, 6) is 0.939. The van der Waals surface area contributed by atoms with Crippen molar-refractivity contribution in [1.82, 2.24) is 4.98 Å². The zero-order chi connectivity index (χ0) is 15.0. The maximum Gasteiger partial charge on any atom is 0.127 e. The van der Waals surface area contributed by atoms with E-state index in [2.05, 4.69) is 24.9 Å². The fourth-order valence-electron chi connectivity index (χ4n) is 3.11. The number of benzene rings is 1. The zero-order valence-electron chi connectivity index (χ0n) is 13.1. The highest BCUT2D eigenvalue weighted by atomic mass is 16.5. The topological polar surface area (TPSA) is 48.1 Å². The normalized spacial score (nSPS) is 18.8. The van der Waals surface area contributed by atoms with Gasteiger partial charge in [0.2, 0.25) is 0 Å². The molecule has 0 amide bonds. The molecule has 1 heterocycles. The van der Waals surface area contributed by atoms with Gasteiger partial charge >= 0.3 is 0 Å². The third kappa shape index (κ3) is 2.97. The van der Waals surface area contributed by atoms with E-state index >= 15 is 0 Å². The van der Waals surface area contributed by atoms with E-state index < -0.39 is 0 Å². The molecular formula is C18H24N2O. The van der Waals surface area contributed by atoms with Crippen LogP contribution in [0.5, 0.6) is 5.75 Å². The average Bonchev–Trinajstić information content (AvgIpc) is 2.44. The molecule has 1 saturated carbocycles. The van der Waals surface area contributed by atoms with E-state index in [0.717, 1.165) is 40.7 Å². The number of pyridine rings is 1. The summed E-state index contributed by atoms with van der Waals surface area (Å²) < 4.78 is 6.29. The Kier molecular flexibility index (Phi) is 3.52. The van der Waals surface area contributed by atoms with E-state index in [-0.39, 0.29) is 0 Å². The lowest BCUT2D eigenvalue weighted by Crippen LogP contribution is -2.28. The summed E-state index contributed by atoms with van der Waals surface area (Å²) >= 11 is 0. The van der Waals surface area contributed by atoms with Crippen molar-refractivity contribution in [3.05, 3.63) is 30.1 Å². The molecule has 1 aromatic carbocycles. The molecule has 0 saturated heterocycles. The first kappa shape index (κ1) is 14.2. The van der Waals surface area contributed by atoms with Gasteiger partial charge in [-0.25, -0.2) is 0 Å². The van der Waals surface area contributed by atoms with Crippen molar-refractivity contribution in [1.29, 1.82) is 0 Å². The van der Waals surface area contributed by atoms with Crippen molar-refractivity contribution >= 4 is 16.5 Å². The van der Waals surface area contributed by atoms with Crippen LogP contribution in [0.3, 0.4) is 0 Å². The third-order valence-corrected chi connectivity index (χ3v) is 4.61. The van der Waals surface area contributed by atoms with E-state index in [1.807, 2.05) is 25.3 Å². The van der Waals surface area contributed by atoms with Crippen molar-refractivity contribution in [2.75, 3.05) is 5.73 Å². The van der Waals surface area contributed by atoms with Gasteiger partial charge in [-0.2, -0.15) is 0 Å². The summed E-state index contributed by atoms with van der Waals surface area (Å²) in [5.41, 5.74) is 8.26. The Labute approximate surface area is 126 Å². The summed E-state index contributed by atoms with van der Waals surface area (Å²) in [6.07, 6.45) is 6.87. The van der Waals surface area contributed by atoms with Crippen molar-refractivity contribution in [2.45, 2.75) is 52.6 Å². The van der Waals surface area contributed by atoms with Gasteiger partial charge < -0.3 is 10.5 Å². The lowest BCUT2D eigenvalue weighted by atomic mass is 9.76. The number of hydrogen-bond acceptors (Lipinski definition) is 3. The van der Waals surface area contributed by atoms with E-state index in [9.17, 15) is 0 Å². The largest absolute Gasteiger partial charge is 0.490 e. The number of nitrogens with two attached hydrogens (primary N) is 1. The number of ether oxygens (including phenoxy) is 1. The first-order valence-electron chi connectivity index (χ1n) is 7.76. The minimum absolute atomic E-state index is 0.318. The molecule has 1 aliphatic carbocycles. The second-order valence-electron chi connectivity index (χ2n) is 7.01. The SMILES string of the molecule is Cc1cc2c(OC3CCC(C)(C)CC3)ccc(N)c2cn1. The van der Waals surface area contributed by atoms with Crippen molar-refractivity contribution in [3.63, 3.8) is 0 Å². The van der Waals surface area contributed by atoms with Crippen LogP contribution < -0.4 is 10.5 Å². The molecular weight excluding hydrogens is 260 g/mol. The maximum absolute atomic E-state index is 6.29. The Morgan fingerprint density at radius 2 is 1.90 bits per heavy atom. The average molecular weight is 284 g/mol. The number of aromatic nitrogens is 1. The second-order valence-corrected chi connectivity index (χ2v) is 7.01. The van der Waals surface area contributed by atoms with E-state index in [0.29, 0.717) is 11.5 Å². The lowest BCUT2D eigenvalue weighted by molar-refractivity contribution is 0.100. The Balaban J connectivity index is 1.88. The van der Waals surface area contributed by atoms with Gasteiger partial charge in [0.25, 0.3) is 0 Å². The van der Waals surface area contributed by atoms with Crippen LogP contribution >= 0.6 is 0 Å². The lowest BCUT2D eigenvalue weighted by Gasteiger charge is -2.34. The van der Waals surface area contributed by atoms with Crippen LogP contribution in [0.25, 0.3) is 10.8 Å². The molecule has 3 nitrogen and oxygen atoms in total. The fraction of sp³-hybridized carbons (Fsp3) is 0.500. The molecule has 3 heteroatoms. The van der Waals surface area contributed by atoms with Crippen LogP contribution in [-0.2, 0) is 0 Å². The molecule has 0 aliphatic heterocycles. The van der Waals surface area contributed by atoms with E-state index in [1.165, 1.54) is 12.8 Å². The smallest absolute Gasteiger partial charge is 0.127 e. The number of aryl methyl sites for hydroxylation is 1. The number of nitrogen functional groups attached to an aromatic ring is 1. The molecule has 0 unspecified atom stereocenters. The molecule has 112 valence electrons. The highest BCUT2D eigenvalue weighted by Gasteiger charge is 2.28.